The lowest BCUT2D eigenvalue weighted by molar-refractivity contribution is -0.154. The molecule has 0 aliphatic carbocycles. The van der Waals surface area contributed by atoms with E-state index in [4.69, 9.17) is 10.2 Å². The molecule has 0 aliphatic rings. The van der Waals surface area contributed by atoms with E-state index < -0.39 is 24.8 Å². The topological polar surface area (TPSA) is 109 Å². The molecule has 7 nitrogen and oxygen atoms in total. The number of anilines is 1. The van der Waals surface area contributed by atoms with Gasteiger partial charge in [-0.3, -0.25) is 0 Å². The summed E-state index contributed by atoms with van der Waals surface area (Å²) in [7, 11) is 0. The molecule has 0 aromatic carbocycles. The van der Waals surface area contributed by atoms with E-state index in [2.05, 4.69) is 15.0 Å². The van der Waals surface area contributed by atoms with Gasteiger partial charge in [0.05, 0.1) is 0 Å². The zero-order valence-electron chi connectivity index (χ0n) is 8.16. The first-order valence-corrected chi connectivity index (χ1v) is 4.33. The average Bonchev–Trinajstić information content (AvgIpc) is 2.25. The number of carboxylic acid groups (broad SMARTS) is 2. The number of aliphatic carboxylic acids is 2. The molecule has 1 aromatic rings. The molecule has 0 radical (unpaired) electrons. The number of nitrogens with one attached hydrogen (secondary N) is 1. The molecule has 86 valence electrons. The van der Waals surface area contributed by atoms with Gasteiger partial charge in [0.25, 0.3) is 0 Å². The van der Waals surface area contributed by atoms with Crippen LogP contribution < -0.4 is 5.32 Å². The van der Waals surface area contributed by atoms with E-state index in [9.17, 15) is 9.59 Å². The number of aromatic nitrogens is 1. The van der Waals surface area contributed by atoms with Gasteiger partial charge in [-0.05, 0) is 12.1 Å². The number of carbonyl (C=O) groups is 2. The van der Waals surface area contributed by atoms with Crippen LogP contribution >= 0.6 is 0 Å². The van der Waals surface area contributed by atoms with Crippen molar-refractivity contribution in [2.75, 3.05) is 11.9 Å². The second kappa shape index (κ2) is 5.66. The van der Waals surface area contributed by atoms with Crippen LogP contribution in [0.4, 0.5) is 5.82 Å². The van der Waals surface area contributed by atoms with Gasteiger partial charge in [0, 0.05) is 6.20 Å². The lowest BCUT2D eigenvalue weighted by atomic mass is 10.4. The molecule has 16 heavy (non-hydrogen) atoms. The van der Waals surface area contributed by atoms with Crippen molar-refractivity contribution in [3.63, 3.8) is 0 Å². The summed E-state index contributed by atoms with van der Waals surface area (Å²) in [5.41, 5.74) is 0. The van der Waals surface area contributed by atoms with Crippen LogP contribution in [0, 0.1) is 0 Å². The summed E-state index contributed by atoms with van der Waals surface area (Å²) in [6, 6.07) is 4.87. The Labute approximate surface area is 90.7 Å². The largest absolute Gasteiger partial charge is 0.480 e. The quantitative estimate of drug-likeness (QED) is 0.586. The predicted octanol–water partition coefficient (Wildman–Crippen LogP) is 0.00540. The second-order valence-corrected chi connectivity index (χ2v) is 2.78. The number of ether oxygens (including phenoxy) is 1. The Morgan fingerprint density at radius 3 is 2.69 bits per heavy atom. The van der Waals surface area contributed by atoms with Crippen molar-refractivity contribution in [1.29, 1.82) is 0 Å². The van der Waals surface area contributed by atoms with Crippen molar-refractivity contribution in [1.82, 2.24) is 4.98 Å². The summed E-state index contributed by atoms with van der Waals surface area (Å²) < 4.78 is 4.62. The summed E-state index contributed by atoms with van der Waals surface area (Å²) in [5.74, 6) is -2.26. The SMILES string of the molecule is O=C(O)COC(Nc1ccccn1)C(=O)O. The van der Waals surface area contributed by atoms with E-state index in [1.54, 1.807) is 18.2 Å². The number of nitrogens with zero attached hydrogens (tertiary/aromatic N) is 1. The molecule has 1 heterocycles. The number of carboxylic acids is 2. The molecule has 0 saturated carbocycles. The van der Waals surface area contributed by atoms with Crippen molar-refractivity contribution in [2.24, 2.45) is 0 Å². The summed E-state index contributed by atoms with van der Waals surface area (Å²) >= 11 is 0. The maximum atomic E-state index is 10.7. The van der Waals surface area contributed by atoms with Crippen molar-refractivity contribution < 1.29 is 24.5 Å². The van der Waals surface area contributed by atoms with E-state index in [-0.39, 0.29) is 0 Å². The van der Waals surface area contributed by atoms with E-state index in [0.29, 0.717) is 5.82 Å². The Hall–Kier alpha value is -2.15. The van der Waals surface area contributed by atoms with Gasteiger partial charge < -0.3 is 20.3 Å². The van der Waals surface area contributed by atoms with E-state index >= 15 is 0 Å². The highest BCUT2D eigenvalue weighted by molar-refractivity contribution is 5.76. The highest BCUT2D eigenvalue weighted by Crippen LogP contribution is 2.03. The normalized spacial score (nSPS) is 11.8. The molecule has 1 rings (SSSR count). The van der Waals surface area contributed by atoms with Crippen LogP contribution in [0.5, 0.6) is 0 Å². The third-order valence-corrected chi connectivity index (χ3v) is 1.54. The van der Waals surface area contributed by atoms with Gasteiger partial charge in [0.15, 0.2) is 0 Å². The van der Waals surface area contributed by atoms with E-state index in [0.717, 1.165) is 0 Å². The lowest BCUT2D eigenvalue weighted by Crippen LogP contribution is -2.34. The smallest absolute Gasteiger partial charge is 0.354 e. The molecule has 1 aromatic heterocycles. The Bertz CT molecular complexity index is 367. The van der Waals surface area contributed by atoms with Crippen LogP contribution in [-0.2, 0) is 14.3 Å². The van der Waals surface area contributed by atoms with Crippen molar-refractivity contribution in [2.45, 2.75) is 6.23 Å². The number of rotatable bonds is 6. The third kappa shape index (κ3) is 3.93. The minimum absolute atomic E-state index is 0.292. The van der Waals surface area contributed by atoms with Crippen LogP contribution in [0.25, 0.3) is 0 Å². The molecule has 1 unspecified atom stereocenters. The van der Waals surface area contributed by atoms with Crippen molar-refractivity contribution >= 4 is 17.8 Å². The molecule has 7 heteroatoms. The fourth-order valence-corrected chi connectivity index (χ4v) is 0.912. The number of hydrogen-bond acceptors (Lipinski definition) is 5. The Balaban J connectivity index is 2.58. The molecule has 0 spiro atoms. The zero-order valence-corrected chi connectivity index (χ0v) is 8.16. The van der Waals surface area contributed by atoms with Gasteiger partial charge in [-0.2, -0.15) is 0 Å². The van der Waals surface area contributed by atoms with Gasteiger partial charge in [-0.1, -0.05) is 6.07 Å². The second-order valence-electron chi connectivity index (χ2n) is 2.78. The summed E-state index contributed by atoms with van der Waals surface area (Å²) in [5, 5.41) is 19.5. The third-order valence-electron chi connectivity index (χ3n) is 1.54. The molecule has 3 N–H and O–H groups in total. The van der Waals surface area contributed by atoms with E-state index in [1.807, 2.05) is 0 Å². The van der Waals surface area contributed by atoms with Crippen LogP contribution in [0.3, 0.4) is 0 Å². The van der Waals surface area contributed by atoms with Gasteiger partial charge in [-0.15, -0.1) is 0 Å². The predicted molar refractivity (Wildman–Crippen MR) is 52.9 cm³/mol. The lowest BCUT2D eigenvalue weighted by Gasteiger charge is -2.14. The molecule has 1 atom stereocenters. The van der Waals surface area contributed by atoms with Gasteiger partial charge in [-0.25, -0.2) is 14.6 Å². The highest BCUT2D eigenvalue weighted by atomic mass is 16.5. The molecular weight excluding hydrogens is 216 g/mol. The van der Waals surface area contributed by atoms with Crippen LogP contribution in [0.1, 0.15) is 0 Å². The molecule has 0 saturated heterocycles. The molecule has 0 bridgehead atoms. The van der Waals surface area contributed by atoms with E-state index in [1.165, 1.54) is 6.20 Å². The monoisotopic (exact) mass is 226 g/mol. The standard InChI is InChI=1S/C9H10N2O5/c12-7(13)5-16-8(9(14)15)11-6-3-1-2-4-10-6/h1-4,8H,5H2,(H,10,11)(H,12,13)(H,14,15). The minimum Gasteiger partial charge on any atom is -0.480 e. The maximum absolute atomic E-state index is 10.7. The van der Waals surface area contributed by atoms with Gasteiger partial charge in [0.2, 0.25) is 6.23 Å². The number of hydrogen-bond donors (Lipinski definition) is 3. The molecule has 0 amide bonds. The minimum atomic E-state index is -1.44. The molecular formula is C9H10N2O5. The first kappa shape index (κ1) is 11.9. The fraction of sp³-hybridized carbons (Fsp3) is 0.222. The van der Waals surface area contributed by atoms with Crippen molar-refractivity contribution in [3.05, 3.63) is 24.4 Å². The van der Waals surface area contributed by atoms with Gasteiger partial charge >= 0.3 is 11.9 Å². The van der Waals surface area contributed by atoms with Crippen molar-refractivity contribution in [3.8, 4) is 0 Å². The Morgan fingerprint density at radius 1 is 1.44 bits per heavy atom. The van der Waals surface area contributed by atoms with Crippen LogP contribution in [-0.4, -0.2) is 40.0 Å². The maximum Gasteiger partial charge on any atom is 0.354 e. The summed E-state index contributed by atoms with van der Waals surface area (Å²) in [6.07, 6.45) is 0.0318. The van der Waals surface area contributed by atoms with Gasteiger partial charge in [0.1, 0.15) is 12.4 Å². The molecule has 0 aliphatic heterocycles. The zero-order chi connectivity index (χ0) is 12.0. The van der Waals surface area contributed by atoms with Crippen LogP contribution in [0.15, 0.2) is 24.4 Å². The summed E-state index contributed by atoms with van der Waals surface area (Å²) in [6.45, 7) is -0.698. The average molecular weight is 226 g/mol. The first-order chi connectivity index (χ1) is 7.59. The fourth-order valence-electron chi connectivity index (χ4n) is 0.912. The Morgan fingerprint density at radius 2 is 2.19 bits per heavy atom. The first-order valence-electron chi connectivity index (χ1n) is 4.33. The summed E-state index contributed by atoms with van der Waals surface area (Å²) in [4.78, 5) is 24.8. The number of pyridine rings is 1. The van der Waals surface area contributed by atoms with Crippen LogP contribution in [0.2, 0.25) is 0 Å². The Kier molecular flexibility index (Phi) is 4.22. The molecule has 0 fully saturated rings. The highest BCUT2D eigenvalue weighted by Gasteiger charge is 2.19.